The second kappa shape index (κ2) is 9.65. The largest absolute Gasteiger partial charge is 0.341 e. The lowest BCUT2D eigenvalue weighted by Gasteiger charge is -2.33. The number of fused-ring (bicyclic) bond motifs is 1. The molecule has 5 heteroatoms. The number of aryl methyl sites for hydroxylation is 1. The van der Waals surface area contributed by atoms with Crippen LogP contribution in [-0.4, -0.2) is 5.96 Å². The van der Waals surface area contributed by atoms with Crippen molar-refractivity contribution in [2.45, 2.75) is 27.2 Å². The molecule has 0 fully saturated rings. The molecule has 33 heavy (non-hydrogen) atoms. The summed E-state index contributed by atoms with van der Waals surface area (Å²) in [6.45, 7) is 15.0. The Hall–Kier alpha value is -3.99. The molecule has 0 radical (unpaired) electrons. The summed E-state index contributed by atoms with van der Waals surface area (Å²) in [5.74, 6) is 1.82. The molecule has 1 heterocycles. The van der Waals surface area contributed by atoms with E-state index >= 15 is 0 Å². The summed E-state index contributed by atoms with van der Waals surface area (Å²) in [6, 6.07) is 24.7. The van der Waals surface area contributed by atoms with Crippen LogP contribution in [0.5, 0.6) is 0 Å². The van der Waals surface area contributed by atoms with Gasteiger partial charge in [-0.1, -0.05) is 75.0 Å². The Bertz CT molecular complexity index is 1190. The van der Waals surface area contributed by atoms with Crippen molar-refractivity contribution >= 4 is 28.7 Å². The van der Waals surface area contributed by atoms with Crippen LogP contribution in [0.1, 0.15) is 30.5 Å². The molecule has 0 aromatic heterocycles. The van der Waals surface area contributed by atoms with E-state index in [2.05, 4.69) is 86.5 Å². The first-order valence-corrected chi connectivity index (χ1v) is 11.2. The molecule has 0 saturated heterocycles. The van der Waals surface area contributed by atoms with E-state index in [0.717, 1.165) is 34.7 Å². The molecule has 3 aromatic rings. The molecule has 0 atom stereocenters. The maximum atomic E-state index is 4.87. The molecule has 0 saturated carbocycles. The monoisotopic (exact) mass is 437 g/mol. The molecule has 0 unspecified atom stereocenters. The van der Waals surface area contributed by atoms with Crippen LogP contribution in [0.25, 0.3) is 5.70 Å². The summed E-state index contributed by atoms with van der Waals surface area (Å²) < 4.78 is 0. The number of hydrogen-bond donors (Lipinski definition) is 3. The Balaban J connectivity index is 1.59. The first kappa shape index (κ1) is 22.2. The van der Waals surface area contributed by atoms with E-state index in [-0.39, 0.29) is 0 Å². The lowest BCUT2D eigenvalue weighted by molar-refractivity contribution is 0.647. The van der Waals surface area contributed by atoms with E-state index in [1.165, 1.54) is 11.1 Å². The summed E-state index contributed by atoms with van der Waals surface area (Å²) in [5.41, 5.74) is 13.6. The van der Waals surface area contributed by atoms with Gasteiger partial charge in [-0.15, -0.1) is 0 Å². The third-order valence-corrected chi connectivity index (χ3v) is 5.41. The van der Waals surface area contributed by atoms with Gasteiger partial charge in [0.25, 0.3) is 0 Å². The van der Waals surface area contributed by atoms with Gasteiger partial charge in [-0.05, 0) is 55.2 Å². The van der Waals surface area contributed by atoms with Crippen molar-refractivity contribution < 1.29 is 0 Å². The van der Waals surface area contributed by atoms with Crippen LogP contribution in [-0.2, 0) is 6.42 Å². The van der Waals surface area contributed by atoms with Gasteiger partial charge in [0.15, 0.2) is 0 Å². The molecule has 4 rings (SSSR count). The minimum Gasteiger partial charge on any atom is -0.341 e. The molecule has 168 valence electrons. The average Bonchev–Trinajstić information content (AvgIpc) is 2.79. The lowest BCUT2D eigenvalue weighted by Crippen LogP contribution is -2.48. The molecule has 0 amide bonds. The summed E-state index contributed by atoms with van der Waals surface area (Å²) in [5, 5.41) is 3.26. The van der Waals surface area contributed by atoms with E-state index in [4.69, 9.17) is 4.99 Å². The highest BCUT2D eigenvalue weighted by atomic mass is 15.5. The Labute approximate surface area is 196 Å². The van der Waals surface area contributed by atoms with Gasteiger partial charge in [0.1, 0.15) is 5.82 Å². The van der Waals surface area contributed by atoms with Gasteiger partial charge < -0.3 is 5.32 Å². The number of anilines is 2. The molecule has 3 N–H and O–H groups in total. The number of hydrazine groups is 1. The normalized spacial score (nSPS) is 12.8. The van der Waals surface area contributed by atoms with Gasteiger partial charge in [0.2, 0.25) is 5.96 Å². The van der Waals surface area contributed by atoms with Crippen LogP contribution in [0.3, 0.4) is 0 Å². The van der Waals surface area contributed by atoms with E-state index in [9.17, 15) is 0 Å². The Morgan fingerprint density at radius 1 is 1.00 bits per heavy atom. The van der Waals surface area contributed by atoms with Crippen molar-refractivity contribution in [1.82, 2.24) is 10.9 Å². The van der Waals surface area contributed by atoms with E-state index in [1.54, 1.807) is 0 Å². The minimum absolute atomic E-state index is 0.578. The summed E-state index contributed by atoms with van der Waals surface area (Å²) >= 11 is 0. The highest BCUT2D eigenvalue weighted by Crippen LogP contribution is 2.36. The third-order valence-electron chi connectivity index (χ3n) is 5.41. The Kier molecular flexibility index (Phi) is 6.50. The van der Waals surface area contributed by atoms with Gasteiger partial charge in [-0.2, -0.15) is 0 Å². The van der Waals surface area contributed by atoms with Crippen molar-refractivity contribution in [3.63, 3.8) is 0 Å². The van der Waals surface area contributed by atoms with E-state index in [0.29, 0.717) is 17.7 Å². The number of rotatable bonds is 7. The first-order valence-electron chi connectivity index (χ1n) is 11.2. The highest BCUT2D eigenvalue weighted by molar-refractivity contribution is 6.11. The Morgan fingerprint density at radius 2 is 1.76 bits per heavy atom. The van der Waals surface area contributed by atoms with Crippen molar-refractivity contribution in [2.75, 3.05) is 10.2 Å². The number of guanidine groups is 1. The maximum absolute atomic E-state index is 4.87. The van der Waals surface area contributed by atoms with Crippen LogP contribution in [0.2, 0.25) is 0 Å². The van der Waals surface area contributed by atoms with E-state index in [1.807, 2.05) is 41.3 Å². The van der Waals surface area contributed by atoms with E-state index < -0.39 is 0 Å². The fraction of sp³-hybridized carbons (Fsp3) is 0.179. The molecular formula is C28H31N5. The predicted molar refractivity (Wildman–Crippen MR) is 140 cm³/mol. The smallest absolute Gasteiger partial charge is 0.227 e. The molecule has 3 aromatic carbocycles. The zero-order valence-electron chi connectivity index (χ0n) is 19.5. The zero-order chi connectivity index (χ0) is 23.4. The molecule has 5 nitrogen and oxygen atoms in total. The number of benzene rings is 3. The van der Waals surface area contributed by atoms with Crippen LogP contribution < -0.4 is 21.1 Å². The van der Waals surface area contributed by atoms with Gasteiger partial charge >= 0.3 is 0 Å². The second-order valence-corrected chi connectivity index (χ2v) is 8.72. The van der Waals surface area contributed by atoms with Crippen LogP contribution >= 0.6 is 0 Å². The minimum atomic E-state index is 0.578. The fourth-order valence-electron chi connectivity index (χ4n) is 3.86. The van der Waals surface area contributed by atoms with Crippen molar-refractivity contribution in [2.24, 2.45) is 10.9 Å². The third kappa shape index (κ3) is 5.26. The number of hydrogen-bond acceptors (Lipinski definition) is 5. The standard InChI is InChI=1S/C28H31N5/c1-19(2)17-23-9-8-10-25(18-23)33-21(4)26-11-6-7-12-27(26)30-28(33)32-31-22(5)29-24-15-13-20(3)14-16-24/h6-16,18-19,29,31H,4-5,17H2,1-3H3,(H,30,32). The second-order valence-electron chi connectivity index (χ2n) is 8.72. The van der Waals surface area contributed by atoms with Crippen molar-refractivity contribution in [1.29, 1.82) is 0 Å². The fourth-order valence-corrected chi connectivity index (χ4v) is 3.86. The van der Waals surface area contributed by atoms with Crippen LogP contribution in [0.15, 0.2) is 96.8 Å². The number of nitrogens with zero attached hydrogens (tertiary/aromatic N) is 2. The number of aliphatic imine (C=N–C) groups is 1. The Morgan fingerprint density at radius 3 is 2.52 bits per heavy atom. The highest BCUT2D eigenvalue weighted by Gasteiger charge is 2.25. The number of nitrogens with one attached hydrogen (secondary N) is 3. The maximum Gasteiger partial charge on any atom is 0.227 e. The molecule has 0 bridgehead atoms. The van der Waals surface area contributed by atoms with Gasteiger partial charge in [-0.25, -0.2) is 4.99 Å². The van der Waals surface area contributed by atoms with Gasteiger partial charge in [0, 0.05) is 16.9 Å². The lowest BCUT2D eigenvalue weighted by atomic mass is 10.0. The number of para-hydroxylation sites is 1. The molecule has 1 aliphatic heterocycles. The summed E-state index contributed by atoms with van der Waals surface area (Å²) in [4.78, 5) is 6.91. The quantitative estimate of drug-likeness (QED) is 0.377. The topological polar surface area (TPSA) is 51.7 Å². The molecular weight excluding hydrogens is 406 g/mol. The average molecular weight is 438 g/mol. The van der Waals surface area contributed by atoms with Crippen molar-refractivity contribution in [3.05, 3.63) is 108 Å². The van der Waals surface area contributed by atoms with Gasteiger partial charge in [0.05, 0.1) is 11.4 Å². The molecule has 0 spiro atoms. The van der Waals surface area contributed by atoms with Crippen LogP contribution in [0.4, 0.5) is 17.1 Å². The van der Waals surface area contributed by atoms with Gasteiger partial charge in [-0.3, -0.25) is 15.8 Å². The molecule has 0 aliphatic carbocycles. The zero-order valence-corrected chi connectivity index (χ0v) is 19.5. The van der Waals surface area contributed by atoms with Crippen LogP contribution in [0, 0.1) is 12.8 Å². The molecule has 1 aliphatic rings. The first-order chi connectivity index (χ1) is 15.9. The SMILES string of the molecule is C=C(NNC1=Nc2ccccc2C(=C)N1c1cccc(CC(C)C)c1)Nc1ccc(C)cc1. The predicted octanol–water partition coefficient (Wildman–Crippen LogP) is 6.35. The summed E-state index contributed by atoms with van der Waals surface area (Å²) in [7, 11) is 0. The van der Waals surface area contributed by atoms with Crippen molar-refractivity contribution in [3.8, 4) is 0 Å². The summed E-state index contributed by atoms with van der Waals surface area (Å²) in [6.07, 6.45) is 1.01.